The Morgan fingerprint density at radius 2 is 2.32 bits per heavy atom. The minimum Gasteiger partial charge on any atom is -0.480 e. The fourth-order valence-corrected chi connectivity index (χ4v) is 2.51. The van der Waals surface area contributed by atoms with E-state index in [2.05, 4.69) is 9.97 Å². The molecule has 102 valence electrons. The molecule has 0 radical (unpaired) electrons. The molecule has 1 aliphatic rings. The van der Waals surface area contributed by atoms with Gasteiger partial charge in [-0.05, 0) is 19.1 Å². The Morgan fingerprint density at radius 1 is 1.58 bits per heavy atom. The Labute approximate surface area is 119 Å². The van der Waals surface area contributed by atoms with Crippen LogP contribution in [0.3, 0.4) is 0 Å². The van der Waals surface area contributed by atoms with Gasteiger partial charge >= 0.3 is 5.97 Å². The van der Waals surface area contributed by atoms with Crippen LogP contribution in [0.2, 0.25) is 5.02 Å². The quantitative estimate of drug-likeness (QED) is 0.673. The highest BCUT2D eigenvalue weighted by molar-refractivity contribution is 7.98. The summed E-state index contributed by atoms with van der Waals surface area (Å²) < 4.78 is 0. The maximum Gasteiger partial charge on any atom is 0.326 e. The Hall–Kier alpha value is -1.34. The van der Waals surface area contributed by atoms with Crippen LogP contribution in [0.4, 0.5) is 0 Å². The SMILES string of the molecule is CSc1ncc(Cl)c(C(=O)N2CCCC2C(=O)O)n1. The van der Waals surface area contributed by atoms with Gasteiger partial charge in [0, 0.05) is 6.54 Å². The van der Waals surface area contributed by atoms with Crippen molar-refractivity contribution < 1.29 is 14.7 Å². The second kappa shape index (κ2) is 5.75. The molecule has 8 heteroatoms. The average Bonchev–Trinajstić information content (AvgIpc) is 2.88. The summed E-state index contributed by atoms with van der Waals surface area (Å²) in [4.78, 5) is 32.7. The molecule has 1 fully saturated rings. The average molecular weight is 302 g/mol. The van der Waals surface area contributed by atoms with E-state index in [-0.39, 0.29) is 10.7 Å². The maximum atomic E-state index is 12.3. The van der Waals surface area contributed by atoms with E-state index in [1.807, 2.05) is 0 Å². The summed E-state index contributed by atoms with van der Waals surface area (Å²) in [6.07, 6.45) is 4.27. The fourth-order valence-electron chi connectivity index (χ4n) is 2.00. The van der Waals surface area contributed by atoms with Gasteiger partial charge in [0.05, 0.1) is 11.2 Å². The molecular weight excluding hydrogens is 290 g/mol. The topological polar surface area (TPSA) is 83.4 Å². The number of carboxylic acids is 1. The molecule has 6 nitrogen and oxygen atoms in total. The third-order valence-corrected chi connectivity index (χ3v) is 3.74. The molecule has 19 heavy (non-hydrogen) atoms. The maximum absolute atomic E-state index is 12.3. The third-order valence-electron chi connectivity index (χ3n) is 2.91. The smallest absolute Gasteiger partial charge is 0.326 e. The summed E-state index contributed by atoms with van der Waals surface area (Å²) in [5.74, 6) is -1.45. The van der Waals surface area contributed by atoms with Crippen LogP contribution in [0.25, 0.3) is 0 Å². The second-order valence-electron chi connectivity index (χ2n) is 4.05. The summed E-state index contributed by atoms with van der Waals surface area (Å²) in [6, 6.07) is -0.795. The predicted molar refractivity (Wildman–Crippen MR) is 70.5 cm³/mol. The van der Waals surface area contributed by atoms with Gasteiger partial charge < -0.3 is 10.0 Å². The summed E-state index contributed by atoms with van der Waals surface area (Å²) in [6.45, 7) is 0.407. The highest BCUT2D eigenvalue weighted by Crippen LogP contribution is 2.23. The molecular formula is C11H12ClN3O3S. The molecule has 2 heterocycles. The normalized spacial score (nSPS) is 18.6. The number of carboxylic acid groups (broad SMARTS) is 1. The van der Waals surface area contributed by atoms with Crippen LogP contribution in [-0.4, -0.2) is 50.7 Å². The number of carbonyl (C=O) groups excluding carboxylic acids is 1. The van der Waals surface area contributed by atoms with Crippen molar-refractivity contribution in [3.05, 3.63) is 16.9 Å². The summed E-state index contributed by atoms with van der Waals surface area (Å²) in [7, 11) is 0. The molecule has 1 saturated heterocycles. The molecule has 2 rings (SSSR count). The first-order valence-electron chi connectivity index (χ1n) is 5.65. The van der Waals surface area contributed by atoms with Crippen molar-refractivity contribution in [2.75, 3.05) is 12.8 Å². The number of aromatic nitrogens is 2. The van der Waals surface area contributed by atoms with E-state index in [1.165, 1.54) is 22.9 Å². The molecule has 1 N–H and O–H groups in total. The zero-order valence-corrected chi connectivity index (χ0v) is 11.7. The van der Waals surface area contributed by atoms with E-state index in [0.717, 1.165) is 0 Å². The monoisotopic (exact) mass is 301 g/mol. The van der Waals surface area contributed by atoms with E-state index in [1.54, 1.807) is 6.26 Å². The Bertz CT molecular complexity index is 526. The first-order valence-corrected chi connectivity index (χ1v) is 7.25. The van der Waals surface area contributed by atoms with Gasteiger partial charge in [-0.25, -0.2) is 14.8 Å². The van der Waals surface area contributed by atoms with Crippen LogP contribution in [0, 0.1) is 0 Å². The number of carbonyl (C=O) groups is 2. The lowest BCUT2D eigenvalue weighted by Gasteiger charge is -2.21. The molecule has 0 bridgehead atoms. The minimum atomic E-state index is -0.999. The lowest BCUT2D eigenvalue weighted by Crippen LogP contribution is -2.40. The predicted octanol–water partition coefficient (Wildman–Crippen LogP) is 1.54. The molecule has 0 saturated carbocycles. The number of halogens is 1. The van der Waals surface area contributed by atoms with E-state index >= 15 is 0 Å². The fraction of sp³-hybridized carbons (Fsp3) is 0.455. The van der Waals surface area contributed by atoms with Crippen LogP contribution < -0.4 is 0 Å². The Morgan fingerprint density at radius 3 is 2.95 bits per heavy atom. The van der Waals surface area contributed by atoms with Crippen molar-refractivity contribution in [3.8, 4) is 0 Å². The first kappa shape index (κ1) is 14.1. The minimum absolute atomic E-state index is 0.0640. The standard InChI is InChI=1S/C11H12ClN3O3S/c1-19-11-13-5-6(12)8(14-11)9(16)15-4-2-3-7(15)10(17)18/h5,7H,2-4H2,1H3,(H,17,18). The van der Waals surface area contributed by atoms with Gasteiger partial charge in [0.25, 0.3) is 5.91 Å². The molecule has 0 spiro atoms. The number of hydrogen-bond acceptors (Lipinski definition) is 5. The van der Waals surface area contributed by atoms with Crippen LogP contribution in [-0.2, 0) is 4.79 Å². The largest absolute Gasteiger partial charge is 0.480 e. The number of likely N-dealkylation sites (tertiary alicyclic amines) is 1. The molecule has 0 aliphatic carbocycles. The first-order chi connectivity index (χ1) is 9.04. The number of nitrogens with zero attached hydrogens (tertiary/aromatic N) is 3. The molecule has 1 unspecified atom stereocenters. The van der Waals surface area contributed by atoms with Crippen LogP contribution >= 0.6 is 23.4 Å². The molecule has 0 aromatic carbocycles. The number of hydrogen-bond donors (Lipinski definition) is 1. The van der Waals surface area contributed by atoms with E-state index < -0.39 is 17.9 Å². The highest BCUT2D eigenvalue weighted by atomic mass is 35.5. The van der Waals surface area contributed by atoms with Gasteiger partial charge in [-0.15, -0.1) is 0 Å². The second-order valence-corrected chi connectivity index (χ2v) is 5.23. The van der Waals surface area contributed by atoms with E-state index in [0.29, 0.717) is 24.5 Å². The van der Waals surface area contributed by atoms with Crippen molar-refractivity contribution in [2.24, 2.45) is 0 Å². The van der Waals surface area contributed by atoms with Crippen LogP contribution in [0.1, 0.15) is 23.3 Å². The highest BCUT2D eigenvalue weighted by Gasteiger charge is 2.35. The van der Waals surface area contributed by atoms with Gasteiger partial charge in [0.2, 0.25) is 0 Å². The summed E-state index contributed by atoms with van der Waals surface area (Å²) in [5.41, 5.74) is 0.0640. The van der Waals surface area contributed by atoms with E-state index in [9.17, 15) is 9.59 Å². The Balaban J connectivity index is 2.31. The number of thioether (sulfide) groups is 1. The van der Waals surface area contributed by atoms with Gasteiger partial charge in [-0.2, -0.15) is 0 Å². The molecule has 1 amide bonds. The zero-order valence-electron chi connectivity index (χ0n) is 10.2. The number of amides is 1. The molecule has 1 aromatic rings. The molecule has 1 aliphatic heterocycles. The number of rotatable bonds is 3. The Kier molecular flexibility index (Phi) is 4.26. The van der Waals surface area contributed by atoms with Crippen molar-refractivity contribution in [1.82, 2.24) is 14.9 Å². The van der Waals surface area contributed by atoms with Gasteiger partial charge in [0.1, 0.15) is 6.04 Å². The number of aliphatic carboxylic acids is 1. The van der Waals surface area contributed by atoms with E-state index in [4.69, 9.17) is 16.7 Å². The zero-order chi connectivity index (χ0) is 14.0. The van der Waals surface area contributed by atoms with Crippen molar-refractivity contribution in [1.29, 1.82) is 0 Å². The van der Waals surface area contributed by atoms with Crippen LogP contribution in [0.15, 0.2) is 11.4 Å². The molecule has 1 atom stereocenters. The van der Waals surface area contributed by atoms with Crippen molar-refractivity contribution >= 4 is 35.2 Å². The van der Waals surface area contributed by atoms with Gasteiger partial charge in [0.15, 0.2) is 10.9 Å². The summed E-state index contributed by atoms with van der Waals surface area (Å²) >= 11 is 7.22. The van der Waals surface area contributed by atoms with Gasteiger partial charge in [-0.3, -0.25) is 4.79 Å². The van der Waals surface area contributed by atoms with Crippen molar-refractivity contribution in [2.45, 2.75) is 24.0 Å². The molecule has 1 aromatic heterocycles. The lowest BCUT2D eigenvalue weighted by molar-refractivity contribution is -0.141. The van der Waals surface area contributed by atoms with Crippen molar-refractivity contribution in [3.63, 3.8) is 0 Å². The third kappa shape index (κ3) is 2.82. The lowest BCUT2D eigenvalue weighted by atomic mass is 10.2. The summed E-state index contributed by atoms with van der Waals surface area (Å²) in [5, 5.41) is 9.65. The van der Waals surface area contributed by atoms with Crippen LogP contribution in [0.5, 0.6) is 0 Å². The van der Waals surface area contributed by atoms with Gasteiger partial charge in [-0.1, -0.05) is 23.4 Å².